The van der Waals surface area contributed by atoms with Gasteiger partial charge < -0.3 is 10.1 Å². The quantitative estimate of drug-likeness (QED) is 0.791. The summed E-state index contributed by atoms with van der Waals surface area (Å²) < 4.78 is 31.6. The Bertz CT molecular complexity index is 1040. The van der Waals surface area contributed by atoms with Crippen molar-refractivity contribution in [1.29, 1.82) is 0 Å². The fraction of sp³-hybridized carbons (Fsp3) is 0.381. The number of benzene rings is 2. The van der Waals surface area contributed by atoms with Crippen molar-refractivity contribution >= 4 is 33.2 Å². The van der Waals surface area contributed by atoms with E-state index in [0.717, 1.165) is 22.9 Å². The number of rotatable bonds is 4. The average Bonchev–Trinajstić information content (AvgIpc) is 2.80. The van der Waals surface area contributed by atoms with Gasteiger partial charge in [0.15, 0.2) is 6.10 Å². The highest BCUT2D eigenvalue weighted by atomic mass is 35.5. The van der Waals surface area contributed by atoms with E-state index in [2.05, 4.69) is 11.4 Å². The van der Waals surface area contributed by atoms with Gasteiger partial charge in [0.25, 0.3) is 5.91 Å². The van der Waals surface area contributed by atoms with Crippen LogP contribution < -0.4 is 14.4 Å². The summed E-state index contributed by atoms with van der Waals surface area (Å²) >= 11 is 6.05. The largest absolute Gasteiger partial charge is 0.478 e. The van der Waals surface area contributed by atoms with Crippen LogP contribution in [0.25, 0.3) is 0 Å². The van der Waals surface area contributed by atoms with Crippen molar-refractivity contribution in [3.63, 3.8) is 0 Å². The molecule has 1 amide bonds. The molecule has 0 saturated heterocycles. The van der Waals surface area contributed by atoms with Crippen LogP contribution in [0.5, 0.6) is 5.75 Å². The van der Waals surface area contributed by atoms with Crippen molar-refractivity contribution in [3.05, 3.63) is 58.1 Å². The van der Waals surface area contributed by atoms with E-state index in [1.54, 1.807) is 12.1 Å². The molecule has 1 aliphatic rings. The average molecular weight is 437 g/mol. The molecule has 29 heavy (non-hydrogen) atoms. The Morgan fingerprint density at radius 2 is 1.97 bits per heavy atom. The highest BCUT2D eigenvalue weighted by Crippen LogP contribution is 2.36. The summed E-state index contributed by atoms with van der Waals surface area (Å²) in [6, 6.07) is 10.6. The lowest BCUT2D eigenvalue weighted by Crippen LogP contribution is -2.41. The van der Waals surface area contributed by atoms with Crippen LogP contribution in [0.3, 0.4) is 0 Å². The predicted octanol–water partition coefficient (Wildman–Crippen LogP) is 3.75. The van der Waals surface area contributed by atoms with Crippen LogP contribution in [0.4, 0.5) is 5.69 Å². The Balaban J connectivity index is 1.83. The first kappa shape index (κ1) is 21.5. The maximum absolute atomic E-state index is 12.9. The van der Waals surface area contributed by atoms with E-state index in [1.807, 2.05) is 32.9 Å². The number of nitrogens with one attached hydrogen (secondary N) is 1. The molecule has 1 N–H and O–H groups in total. The number of hydrogen-bond donors (Lipinski definition) is 1. The van der Waals surface area contributed by atoms with E-state index >= 15 is 0 Å². The topological polar surface area (TPSA) is 75.7 Å². The van der Waals surface area contributed by atoms with Crippen molar-refractivity contribution in [3.8, 4) is 5.75 Å². The number of aryl methyl sites for hydroxylation is 2. The van der Waals surface area contributed by atoms with Crippen LogP contribution in [-0.4, -0.2) is 33.2 Å². The molecule has 0 aromatic heterocycles. The first-order valence-corrected chi connectivity index (χ1v) is 11.6. The summed E-state index contributed by atoms with van der Waals surface area (Å²) in [5, 5.41) is 3.39. The molecule has 156 valence electrons. The molecule has 0 unspecified atom stereocenters. The summed E-state index contributed by atoms with van der Waals surface area (Å²) in [5.74, 6) is 0.0328. The molecular formula is C21H25ClN2O4S. The molecule has 2 aromatic rings. The minimum absolute atomic E-state index is 0.127. The highest BCUT2D eigenvalue weighted by Gasteiger charge is 2.32. The minimum Gasteiger partial charge on any atom is -0.478 e. The number of amides is 1. The van der Waals surface area contributed by atoms with Gasteiger partial charge in [-0.05, 0) is 50.1 Å². The first-order chi connectivity index (χ1) is 13.6. The Kier molecular flexibility index (Phi) is 6.10. The number of ether oxygens (including phenoxy) is 1. The van der Waals surface area contributed by atoms with Crippen molar-refractivity contribution in [2.45, 2.75) is 39.3 Å². The van der Waals surface area contributed by atoms with Crippen LogP contribution in [-0.2, 0) is 14.8 Å². The second-order valence-electron chi connectivity index (χ2n) is 7.43. The van der Waals surface area contributed by atoms with Crippen LogP contribution in [0.15, 0.2) is 36.4 Å². The van der Waals surface area contributed by atoms with Crippen molar-refractivity contribution in [2.24, 2.45) is 0 Å². The smallest absolute Gasteiger partial charge is 0.261 e. The second kappa shape index (κ2) is 8.24. The summed E-state index contributed by atoms with van der Waals surface area (Å²) in [5.41, 5.74) is 3.64. The van der Waals surface area contributed by atoms with Gasteiger partial charge in [-0.15, -0.1) is 0 Å². The fourth-order valence-corrected chi connectivity index (χ4v) is 4.68. The summed E-state index contributed by atoms with van der Waals surface area (Å²) in [6.45, 7) is 6.08. The SMILES string of the molecule is Cc1ccc([C@H](C)NC(=O)[C@H]2CCN(S(C)(=O)=O)c3cc(Cl)ccc3O2)c(C)c1. The van der Waals surface area contributed by atoms with Crippen LogP contribution in [0.2, 0.25) is 5.02 Å². The van der Waals surface area contributed by atoms with E-state index in [9.17, 15) is 13.2 Å². The molecule has 8 heteroatoms. The van der Waals surface area contributed by atoms with Gasteiger partial charge in [0.05, 0.1) is 18.0 Å². The van der Waals surface area contributed by atoms with E-state index in [0.29, 0.717) is 16.5 Å². The highest BCUT2D eigenvalue weighted by molar-refractivity contribution is 7.92. The fourth-order valence-electron chi connectivity index (χ4n) is 3.58. The zero-order valence-electron chi connectivity index (χ0n) is 16.9. The molecule has 3 rings (SSSR count). The van der Waals surface area contributed by atoms with Gasteiger partial charge in [-0.3, -0.25) is 9.10 Å². The van der Waals surface area contributed by atoms with Gasteiger partial charge in [-0.1, -0.05) is 35.4 Å². The van der Waals surface area contributed by atoms with E-state index in [1.165, 1.54) is 10.4 Å². The molecule has 2 atom stereocenters. The van der Waals surface area contributed by atoms with Gasteiger partial charge >= 0.3 is 0 Å². The zero-order valence-corrected chi connectivity index (χ0v) is 18.5. The molecule has 0 bridgehead atoms. The molecule has 0 spiro atoms. The van der Waals surface area contributed by atoms with Gasteiger partial charge in [-0.25, -0.2) is 8.42 Å². The van der Waals surface area contributed by atoms with Gasteiger partial charge in [-0.2, -0.15) is 0 Å². The Labute approximate surface area is 176 Å². The standard InChI is InChI=1S/C21H25ClN2O4S/c1-13-5-7-17(14(2)11-13)15(3)23-21(25)20-9-10-24(29(4,26)27)18-12-16(22)6-8-19(18)28-20/h5-8,11-12,15,20H,9-10H2,1-4H3,(H,23,25)/t15-,20+/m0/s1. The second-order valence-corrected chi connectivity index (χ2v) is 9.78. The third kappa shape index (κ3) is 4.85. The summed E-state index contributed by atoms with van der Waals surface area (Å²) in [4.78, 5) is 12.9. The first-order valence-electron chi connectivity index (χ1n) is 9.37. The minimum atomic E-state index is -3.54. The van der Waals surface area contributed by atoms with Crippen LogP contribution in [0.1, 0.15) is 36.1 Å². The molecule has 0 aliphatic carbocycles. The van der Waals surface area contributed by atoms with Crippen LogP contribution in [0, 0.1) is 13.8 Å². The normalized spacial score (nSPS) is 17.7. The van der Waals surface area contributed by atoms with E-state index in [-0.39, 0.29) is 24.9 Å². The Morgan fingerprint density at radius 1 is 1.24 bits per heavy atom. The monoisotopic (exact) mass is 436 g/mol. The lowest BCUT2D eigenvalue weighted by Gasteiger charge is -2.21. The van der Waals surface area contributed by atoms with Crippen molar-refractivity contribution in [1.82, 2.24) is 5.32 Å². The number of hydrogen-bond acceptors (Lipinski definition) is 4. The lowest BCUT2D eigenvalue weighted by atomic mass is 10.00. The maximum atomic E-state index is 12.9. The van der Waals surface area contributed by atoms with Gasteiger partial charge in [0, 0.05) is 18.0 Å². The lowest BCUT2D eigenvalue weighted by molar-refractivity contribution is -0.128. The number of nitrogens with zero attached hydrogens (tertiary/aromatic N) is 1. The number of carbonyl (C=O) groups is 1. The van der Waals surface area contributed by atoms with Crippen LogP contribution >= 0.6 is 11.6 Å². The van der Waals surface area contributed by atoms with Crippen molar-refractivity contribution < 1.29 is 17.9 Å². The molecule has 0 fully saturated rings. The maximum Gasteiger partial charge on any atom is 0.261 e. The summed E-state index contributed by atoms with van der Waals surface area (Å²) in [6.07, 6.45) is 0.542. The Morgan fingerprint density at radius 3 is 2.62 bits per heavy atom. The van der Waals surface area contributed by atoms with Crippen molar-refractivity contribution in [2.75, 3.05) is 17.1 Å². The third-order valence-electron chi connectivity index (χ3n) is 5.00. The predicted molar refractivity (Wildman–Crippen MR) is 115 cm³/mol. The molecular weight excluding hydrogens is 412 g/mol. The molecule has 2 aromatic carbocycles. The molecule has 0 radical (unpaired) electrons. The van der Waals surface area contributed by atoms with E-state index in [4.69, 9.17) is 16.3 Å². The number of fused-ring (bicyclic) bond motifs is 1. The Hall–Kier alpha value is -2.25. The number of halogens is 1. The van der Waals surface area contributed by atoms with E-state index < -0.39 is 16.1 Å². The van der Waals surface area contributed by atoms with Gasteiger partial charge in [0.2, 0.25) is 10.0 Å². The summed E-state index contributed by atoms with van der Waals surface area (Å²) in [7, 11) is -3.54. The molecule has 0 saturated carbocycles. The number of carbonyl (C=O) groups excluding carboxylic acids is 1. The zero-order chi connectivity index (χ0) is 21.3. The molecule has 1 heterocycles. The number of sulfonamides is 1. The number of anilines is 1. The third-order valence-corrected chi connectivity index (χ3v) is 6.41. The molecule has 1 aliphatic heterocycles. The van der Waals surface area contributed by atoms with Gasteiger partial charge in [0.1, 0.15) is 5.75 Å². The molecule has 6 nitrogen and oxygen atoms in total.